The average Bonchev–Trinajstić information content (AvgIpc) is 2.62. The Morgan fingerprint density at radius 2 is 1.23 bits per heavy atom. The monoisotopic (exact) mass is 434 g/mol. The molecule has 0 spiro atoms. The van der Waals surface area contributed by atoms with Crippen molar-refractivity contribution in [2.75, 3.05) is 13.2 Å². The number of hydrogen-bond acceptors (Lipinski definition) is 4. The predicted molar refractivity (Wildman–Crippen MR) is 120 cm³/mol. The molecule has 0 saturated heterocycles. The molecule has 0 aromatic heterocycles. The summed E-state index contributed by atoms with van der Waals surface area (Å²) in [6, 6.07) is 13.9. The van der Waals surface area contributed by atoms with Crippen molar-refractivity contribution in [3.63, 3.8) is 0 Å². The van der Waals surface area contributed by atoms with Gasteiger partial charge in [-0.05, 0) is 65.1 Å². The van der Waals surface area contributed by atoms with E-state index in [2.05, 4.69) is 53.7 Å². The van der Waals surface area contributed by atoms with Crippen molar-refractivity contribution < 1.29 is 22.4 Å². The van der Waals surface area contributed by atoms with Crippen LogP contribution in [0.2, 0.25) is 0 Å². The van der Waals surface area contributed by atoms with Crippen molar-refractivity contribution in [3.8, 4) is 11.5 Å². The zero-order valence-electron chi connectivity index (χ0n) is 18.8. The molecule has 1 unspecified atom stereocenters. The Kier molecular flexibility index (Phi) is 7.59. The second-order valence-electron chi connectivity index (χ2n) is 9.90. The first-order valence-electron chi connectivity index (χ1n) is 10.2. The van der Waals surface area contributed by atoms with Crippen LogP contribution in [-0.4, -0.2) is 26.2 Å². The fourth-order valence-electron chi connectivity index (χ4n) is 3.36. The molecule has 0 aliphatic carbocycles. The van der Waals surface area contributed by atoms with E-state index in [1.54, 1.807) is 0 Å². The minimum atomic E-state index is -4.19. The summed E-state index contributed by atoms with van der Waals surface area (Å²) in [5.41, 5.74) is 1.75. The molecule has 30 heavy (non-hydrogen) atoms. The summed E-state index contributed by atoms with van der Waals surface area (Å²) in [5.74, 6) is 1.75. The van der Waals surface area contributed by atoms with E-state index in [1.165, 1.54) is 29.8 Å². The molecule has 2 aromatic rings. The summed E-state index contributed by atoms with van der Waals surface area (Å²) in [4.78, 5) is -0.161. The molecule has 0 radical (unpaired) electrons. The summed E-state index contributed by atoms with van der Waals surface area (Å²) >= 11 is 0. The van der Waals surface area contributed by atoms with E-state index in [0.29, 0.717) is 24.9 Å². The summed E-state index contributed by atoms with van der Waals surface area (Å²) in [6.07, 6.45) is 1.11. The van der Waals surface area contributed by atoms with Gasteiger partial charge in [-0.3, -0.25) is 4.55 Å². The van der Waals surface area contributed by atoms with Gasteiger partial charge in [0.2, 0.25) is 0 Å². The van der Waals surface area contributed by atoms with Gasteiger partial charge in [-0.2, -0.15) is 8.42 Å². The molecule has 0 saturated carbocycles. The van der Waals surface area contributed by atoms with Gasteiger partial charge in [-0.25, -0.2) is 0 Å². The van der Waals surface area contributed by atoms with E-state index in [4.69, 9.17) is 14.0 Å². The molecule has 0 bridgehead atoms. The lowest BCUT2D eigenvalue weighted by atomic mass is 9.69. The second kappa shape index (κ2) is 9.40. The maximum absolute atomic E-state index is 11.0. The van der Waals surface area contributed by atoms with Crippen LogP contribution in [0.3, 0.4) is 0 Å². The fourth-order valence-corrected chi connectivity index (χ4v) is 3.84. The van der Waals surface area contributed by atoms with Gasteiger partial charge in [0.05, 0.1) is 4.90 Å². The highest BCUT2D eigenvalue weighted by Crippen LogP contribution is 2.43. The van der Waals surface area contributed by atoms with Gasteiger partial charge in [-0.1, -0.05) is 53.7 Å². The lowest BCUT2D eigenvalue weighted by Gasteiger charge is -2.36. The van der Waals surface area contributed by atoms with E-state index in [9.17, 15) is 8.42 Å². The molecule has 0 heterocycles. The first-order chi connectivity index (χ1) is 13.8. The van der Waals surface area contributed by atoms with E-state index >= 15 is 0 Å². The zero-order valence-corrected chi connectivity index (χ0v) is 19.6. The van der Waals surface area contributed by atoms with Gasteiger partial charge in [0.1, 0.15) is 24.7 Å². The molecule has 166 valence electrons. The summed E-state index contributed by atoms with van der Waals surface area (Å²) < 4.78 is 42.4. The third-order valence-electron chi connectivity index (χ3n) is 4.89. The molecular formula is C24H34O5S. The van der Waals surface area contributed by atoms with Crippen molar-refractivity contribution in [1.82, 2.24) is 0 Å². The number of ether oxygens (including phenoxy) is 2. The lowest BCUT2D eigenvalue weighted by molar-refractivity contribution is 0.216. The van der Waals surface area contributed by atoms with Gasteiger partial charge in [-0.15, -0.1) is 0 Å². The van der Waals surface area contributed by atoms with Gasteiger partial charge >= 0.3 is 0 Å². The summed E-state index contributed by atoms with van der Waals surface area (Å²) in [7, 11) is -4.19. The number of hydrogen-bond donors (Lipinski definition) is 1. The van der Waals surface area contributed by atoms with Crippen LogP contribution in [0.1, 0.15) is 59.4 Å². The van der Waals surface area contributed by atoms with Crippen molar-refractivity contribution in [3.05, 3.63) is 54.1 Å². The average molecular weight is 435 g/mol. The van der Waals surface area contributed by atoms with Gasteiger partial charge in [0.25, 0.3) is 10.1 Å². The molecule has 1 atom stereocenters. The highest BCUT2D eigenvalue weighted by Gasteiger charge is 2.30. The predicted octanol–water partition coefficient (Wildman–Crippen LogP) is 5.96. The van der Waals surface area contributed by atoms with Crippen LogP contribution in [0.4, 0.5) is 0 Å². The van der Waals surface area contributed by atoms with Crippen LogP contribution in [0.5, 0.6) is 11.5 Å². The van der Waals surface area contributed by atoms with E-state index in [-0.39, 0.29) is 15.7 Å². The third kappa shape index (κ3) is 7.65. The van der Waals surface area contributed by atoms with Crippen molar-refractivity contribution in [2.24, 2.45) is 10.8 Å². The minimum Gasteiger partial charge on any atom is -0.490 e. The van der Waals surface area contributed by atoms with Crippen LogP contribution in [-0.2, 0) is 10.1 Å². The first kappa shape index (κ1) is 24.2. The lowest BCUT2D eigenvalue weighted by Crippen LogP contribution is -2.23. The Morgan fingerprint density at radius 3 is 1.60 bits per heavy atom. The Balaban J connectivity index is 1.90. The maximum Gasteiger partial charge on any atom is 0.294 e. The topological polar surface area (TPSA) is 72.8 Å². The molecular weight excluding hydrogens is 400 g/mol. The maximum atomic E-state index is 11.0. The van der Waals surface area contributed by atoms with E-state index < -0.39 is 10.1 Å². The molecule has 0 aliphatic heterocycles. The summed E-state index contributed by atoms with van der Waals surface area (Å²) in [6.45, 7) is 14.4. The van der Waals surface area contributed by atoms with Gasteiger partial charge in [0.15, 0.2) is 0 Å². The zero-order chi connectivity index (χ0) is 22.6. The molecule has 2 aromatic carbocycles. The minimum absolute atomic E-state index is 0.161. The standard InChI is InChI=1S/C24H34O5S/c1-23(2,3)17-22(24(4,5)6)18-7-9-19(10-8-18)28-15-16-29-20-11-13-21(14-12-20)30(25,26)27/h7-14,22H,15-17H2,1-6H3,(H,25,26,27). The molecule has 1 N–H and O–H groups in total. The Morgan fingerprint density at radius 1 is 0.800 bits per heavy atom. The number of rotatable bonds is 8. The molecule has 2 rings (SSSR count). The molecule has 6 heteroatoms. The quantitative estimate of drug-likeness (QED) is 0.410. The Bertz CT molecular complexity index is 902. The molecule has 0 fully saturated rings. The molecule has 0 amide bonds. The number of benzene rings is 2. The normalized spacial score (nSPS) is 13.7. The summed E-state index contributed by atoms with van der Waals surface area (Å²) in [5, 5.41) is 0. The van der Waals surface area contributed by atoms with Crippen molar-refractivity contribution in [2.45, 2.75) is 58.8 Å². The fraction of sp³-hybridized carbons (Fsp3) is 0.500. The van der Waals surface area contributed by atoms with Crippen LogP contribution in [0.25, 0.3) is 0 Å². The highest BCUT2D eigenvalue weighted by molar-refractivity contribution is 7.85. The third-order valence-corrected chi connectivity index (χ3v) is 5.75. The van der Waals surface area contributed by atoms with E-state index in [0.717, 1.165) is 12.2 Å². The SMILES string of the molecule is CC(C)(C)CC(c1ccc(OCCOc2ccc(S(=O)(=O)O)cc2)cc1)C(C)(C)C. The Labute approximate surface area is 181 Å². The smallest absolute Gasteiger partial charge is 0.294 e. The van der Waals surface area contributed by atoms with Crippen molar-refractivity contribution >= 4 is 10.1 Å². The molecule has 0 aliphatic rings. The first-order valence-corrected chi connectivity index (χ1v) is 11.6. The highest BCUT2D eigenvalue weighted by atomic mass is 32.2. The molecule has 5 nitrogen and oxygen atoms in total. The Hall–Kier alpha value is -2.05. The van der Waals surface area contributed by atoms with Crippen LogP contribution < -0.4 is 9.47 Å². The van der Waals surface area contributed by atoms with Gasteiger partial charge < -0.3 is 9.47 Å². The van der Waals surface area contributed by atoms with Crippen LogP contribution in [0, 0.1) is 10.8 Å². The van der Waals surface area contributed by atoms with Crippen molar-refractivity contribution in [1.29, 1.82) is 0 Å². The van der Waals surface area contributed by atoms with Crippen LogP contribution in [0.15, 0.2) is 53.4 Å². The van der Waals surface area contributed by atoms with Gasteiger partial charge in [0, 0.05) is 0 Å². The van der Waals surface area contributed by atoms with E-state index in [1.807, 2.05) is 12.1 Å². The van der Waals surface area contributed by atoms with Crippen LogP contribution >= 0.6 is 0 Å². The second-order valence-corrected chi connectivity index (χ2v) is 11.3. The largest absolute Gasteiger partial charge is 0.490 e.